The highest BCUT2D eigenvalue weighted by Crippen LogP contribution is 2.18. The van der Waals surface area contributed by atoms with Crippen LogP contribution in [0.2, 0.25) is 0 Å². The van der Waals surface area contributed by atoms with E-state index in [4.69, 9.17) is 10.3 Å². The number of aromatic nitrogens is 2. The number of carbonyl (C=O) groups excluding carboxylic acids is 2. The quantitative estimate of drug-likeness (QED) is 0.179. The zero-order chi connectivity index (χ0) is 29.5. The summed E-state index contributed by atoms with van der Waals surface area (Å²) in [5.41, 5.74) is 6.56. The van der Waals surface area contributed by atoms with Crippen molar-refractivity contribution < 1.29 is 18.8 Å². The average molecular weight is 543 g/mol. The fraction of sp³-hybridized carbons (Fsp3) is 0.613. The van der Waals surface area contributed by atoms with Gasteiger partial charge in [0.25, 0.3) is 0 Å². The van der Waals surface area contributed by atoms with Crippen LogP contribution in [0.15, 0.2) is 28.8 Å². The summed E-state index contributed by atoms with van der Waals surface area (Å²) in [6.45, 7) is 9.90. The molecule has 0 aliphatic rings. The van der Waals surface area contributed by atoms with Crippen molar-refractivity contribution in [2.24, 2.45) is 5.73 Å². The molecule has 39 heavy (non-hydrogen) atoms. The minimum atomic E-state index is -0.725. The molecule has 1 heterocycles. The zero-order valence-electron chi connectivity index (χ0n) is 24.8. The number of nitrogens with zero attached hydrogens (tertiary/aromatic N) is 2. The predicted molar refractivity (Wildman–Crippen MR) is 158 cm³/mol. The Labute approximate surface area is 235 Å². The number of amides is 2. The van der Waals surface area contributed by atoms with E-state index in [0.29, 0.717) is 18.1 Å². The van der Waals surface area contributed by atoms with E-state index in [-0.39, 0.29) is 12.5 Å². The number of nitrogens with two attached hydrogens (primary N) is 1. The minimum absolute atomic E-state index is 0.0249. The molecule has 0 aliphatic heterocycles. The van der Waals surface area contributed by atoms with E-state index < -0.39 is 11.7 Å². The van der Waals surface area contributed by atoms with Crippen LogP contribution >= 0.6 is 0 Å². The Morgan fingerprint density at radius 2 is 1.49 bits per heavy atom. The summed E-state index contributed by atoms with van der Waals surface area (Å²) in [4.78, 5) is 26.1. The lowest BCUT2D eigenvalue weighted by Gasteiger charge is -2.16. The molecule has 1 aromatic heterocycles. The Hall–Kier alpha value is -3.34. The Morgan fingerprint density at radius 1 is 0.923 bits per heavy atom. The number of nitrogens with one attached hydrogen (secondary N) is 1. The third-order valence-electron chi connectivity index (χ3n) is 5.60. The maximum atomic E-state index is 11.7. The summed E-state index contributed by atoms with van der Waals surface area (Å²) < 4.78 is 9.83. The standard InChI is InChI=1S/C24H37N3O2.C5H11NO2.C2H2/c1-3-5-7-8-9-10-11-12-13-20-15-17-21(18-16-20)24-26-23(29-27-24)19-25-22(28)14-6-4-2;1-5(2,3)8-4(6)7;1-2/h15-18H,3-14,19H2,1-2H3,(H,25,28);1-3H3,(H2,6,7);1-2H. The third-order valence-corrected chi connectivity index (χ3v) is 5.60. The van der Waals surface area contributed by atoms with Crippen molar-refractivity contribution in [3.05, 3.63) is 35.7 Å². The predicted octanol–water partition coefficient (Wildman–Crippen LogP) is 7.36. The lowest BCUT2D eigenvalue weighted by atomic mass is 10.0. The van der Waals surface area contributed by atoms with Gasteiger partial charge in [0.2, 0.25) is 17.6 Å². The first-order valence-corrected chi connectivity index (χ1v) is 14.1. The number of carbonyl (C=O) groups is 2. The molecule has 0 atom stereocenters. The van der Waals surface area contributed by atoms with Crippen LogP contribution in [0.1, 0.15) is 117 Å². The Morgan fingerprint density at radius 3 is 2.00 bits per heavy atom. The molecule has 1 aromatic carbocycles. The molecular weight excluding hydrogens is 492 g/mol. The smallest absolute Gasteiger partial charge is 0.405 e. The van der Waals surface area contributed by atoms with Crippen LogP contribution in [-0.4, -0.2) is 27.7 Å². The second kappa shape index (κ2) is 21.6. The first kappa shape index (κ1) is 35.7. The Bertz CT molecular complexity index is 930. The molecule has 0 saturated heterocycles. The van der Waals surface area contributed by atoms with Gasteiger partial charge in [-0.2, -0.15) is 4.98 Å². The van der Waals surface area contributed by atoms with Gasteiger partial charge in [-0.05, 0) is 45.6 Å². The van der Waals surface area contributed by atoms with E-state index in [1.54, 1.807) is 20.8 Å². The van der Waals surface area contributed by atoms with Crippen molar-refractivity contribution in [2.75, 3.05) is 0 Å². The van der Waals surface area contributed by atoms with Gasteiger partial charge in [0, 0.05) is 12.0 Å². The molecule has 2 aromatic rings. The van der Waals surface area contributed by atoms with E-state index in [1.807, 2.05) is 0 Å². The van der Waals surface area contributed by atoms with E-state index in [1.165, 1.54) is 56.9 Å². The fourth-order valence-corrected chi connectivity index (χ4v) is 3.63. The molecule has 3 N–H and O–H groups in total. The zero-order valence-corrected chi connectivity index (χ0v) is 24.8. The number of hydrogen-bond donors (Lipinski definition) is 2. The monoisotopic (exact) mass is 542 g/mol. The lowest BCUT2D eigenvalue weighted by Crippen LogP contribution is -2.27. The maximum Gasteiger partial charge on any atom is 0.405 e. The maximum absolute atomic E-state index is 11.7. The van der Waals surface area contributed by atoms with E-state index in [9.17, 15) is 9.59 Å². The number of hydrogen-bond acceptors (Lipinski definition) is 6. The third kappa shape index (κ3) is 19.4. The van der Waals surface area contributed by atoms with Crippen molar-refractivity contribution in [1.82, 2.24) is 15.5 Å². The van der Waals surface area contributed by atoms with Gasteiger partial charge >= 0.3 is 6.09 Å². The van der Waals surface area contributed by atoms with Gasteiger partial charge in [0.15, 0.2) is 0 Å². The molecular formula is C31H50N4O4. The molecule has 0 saturated carbocycles. The molecule has 2 amide bonds. The summed E-state index contributed by atoms with van der Waals surface area (Å²) in [6, 6.07) is 8.40. The van der Waals surface area contributed by atoms with Gasteiger partial charge in [-0.3, -0.25) is 4.79 Å². The molecule has 8 nitrogen and oxygen atoms in total. The Kier molecular flexibility index (Phi) is 19.7. The van der Waals surface area contributed by atoms with Crippen molar-refractivity contribution >= 4 is 12.0 Å². The fourth-order valence-electron chi connectivity index (χ4n) is 3.63. The number of unbranched alkanes of at least 4 members (excludes halogenated alkanes) is 8. The molecule has 0 bridgehead atoms. The van der Waals surface area contributed by atoms with Crippen molar-refractivity contribution in [2.45, 2.75) is 124 Å². The number of aryl methyl sites for hydroxylation is 1. The van der Waals surface area contributed by atoms with E-state index in [0.717, 1.165) is 24.8 Å². The summed E-state index contributed by atoms with van der Waals surface area (Å²) in [5.74, 6) is 1.03. The molecule has 218 valence electrons. The van der Waals surface area contributed by atoms with Gasteiger partial charge in [0.05, 0.1) is 6.54 Å². The average Bonchev–Trinajstić information content (AvgIpc) is 3.37. The van der Waals surface area contributed by atoms with Gasteiger partial charge in [-0.15, -0.1) is 12.8 Å². The van der Waals surface area contributed by atoms with Gasteiger partial charge in [-0.25, -0.2) is 4.79 Å². The highest BCUT2D eigenvalue weighted by Gasteiger charge is 2.12. The van der Waals surface area contributed by atoms with Crippen LogP contribution in [0, 0.1) is 12.8 Å². The summed E-state index contributed by atoms with van der Waals surface area (Å²) >= 11 is 0. The minimum Gasteiger partial charge on any atom is -0.444 e. The van der Waals surface area contributed by atoms with Crippen molar-refractivity contribution in [3.63, 3.8) is 0 Å². The van der Waals surface area contributed by atoms with Crippen LogP contribution in [0.25, 0.3) is 11.4 Å². The largest absolute Gasteiger partial charge is 0.444 e. The first-order valence-electron chi connectivity index (χ1n) is 14.1. The molecule has 0 unspecified atom stereocenters. The van der Waals surface area contributed by atoms with Crippen LogP contribution in [0.4, 0.5) is 4.79 Å². The van der Waals surface area contributed by atoms with Crippen LogP contribution in [0.5, 0.6) is 0 Å². The van der Waals surface area contributed by atoms with Gasteiger partial charge in [-0.1, -0.05) is 94.6 Å². The first-order chi connectivity index (χ1) is 18.6. The van der Waals surface area contributed by atoms with E-state index in [2.05, 4.69) is 71.2 Å². The second-order valence-electron chi connectivity index (χ2n) is 10.3. The molecule has 8 heteroatoms. The summed E-state index contributed by atoms with van der Waals surface area (Å²) in [6.07, 6.45) is 21.6. The van der Waals surface area contributed by atoms with Gasteiger partial charge in [0.1, 0.15) is 5.60 Å². The summed E-state index contributed by atoms with van der Waals surface area (Å²) in [5, 5.41) is 6.86. The molecule has 2 rings (SSSR count). The second-order valence-corrected chi connectivity index (χ2v) is 10.3. The topological polar surface area (TPSA) is 120 Å². The normalized spacial score (nSPS) is 10.4. The number of primary amides is 1. The molecule has 0 fully saturated rings. The number of terminal acetylenes is 1. The van der Waals surface area contributed by atoms with Crippen LogP contribution < -0.4 is 11.1 Å². The summed E-state index contributed by atoms with van der Waals surface area (Å²) in [7, 11) is 0. The van der Waals surface area contributed by atoms with Crippen molar-refractivity contribution in [3.8, 4) is 24.2 Å². The molecule has 0 aliphatic carbocycles. The van der Waals surface area contributed by atoms with Crippen LogP contribution in [-0.2, 0) is 22.5 Å². The molecule has 0 spiro atoms. The Balaban J connectivity index is 0.00000124. The lowest BCUT2D eigenvalue weighted by molar-refractivity contribution is -0.121. The van der Waals surface area contributed by atoms with Crippen LogP contribution in [0.3, 0.4) is 0 Å². The molecule has 0 radical (unpaired) electrons. The number of benzene rings is 1. The van der Waals surface area contributed by atoms with Crippen molar-refractivity contribution in [1.29, 1.82) is 0 Å². The van der Waals surface area contributed by atoms with E-state index >= 15 is 0 Å². The number of rotatable bonds is 15. The number of ether oxygens (including phenoxy) is 1. The van der Waals surface area contributed by atoms with Gasteiger partial charge < -0.3 is 20.3 Å². The SMILES string of the molecule is C#C.CC(C)(C)OC(N)=O.CCCCCCCCCCc1ccc(-c2noc(CNC(=O)CCCC)n2)cc1. The highest BCUT2D eigenvalue weighted by atomic mass is 16.6. The highest BCUT2D eigenvalue weighted by molar-refractivity contribution is 5.75.